The lowest BCUT2D eigenvalue weighted by Crippen LogP contribution is -2.42. The van der Waals surface area contributed by atoms with Gasteiger partial charge in [0.25, 0.3) is 0 Å². The summed E-state index contributed by atoms with van der Waals surface area (Å²) in [7, 11) is 0. The maximum absolute atomic E-state index is 13.3. The summed E-state index contributed by atoms with van der Waals surface area (Å²) in [6.07, 6.45) is 5.15. The van der Waals surface area contributed by atoms with E-state index in [1.807, 2.05) is 30.3 Å². The number of hydrogen-bond acceptors (Lipinski definition) is 5. The van der Waals surface area contributed by atoms with E-state index in [2.05, 4.69) is 18.5 Å². The molecule has 0 aliphatic heterocycles. The molecule has 40 heavy (non-hydrogen) atoms. The van der Waals surface area contributed by atoms with E-state index in [9.17, 15) is 23.9 Å². The van der Waals surface area contributed by atoms with Gasteiger partial charge in [-0.2, -0.15) is 0 Å². The average Bonchev–Trinajstić information content (AvgIpc) is 2.95. The summed E-state index contributed by atoms with van der Waals surface area (Å²) in [4.78, 5) is 40.5. The topological polar surface area (TPSA) is 95.9 Å². The third-order valence-electron chi connectivity index (χ3n) is 6.49. The lowest BCUT2D eigenvalue weighted by atomic mass is 9.95. The van der Waals surface area contributed by atoms with Crippen LogP contribution in [-0.4, -0.2) is 53.6 Å². The van der Waals surface area contributed by atoms with E-state index in [0.717, 1.165) is 11.1 Å². The van der Waals surface area contributed by atoms with Gasteiger partial charge < -0.3 is 20.1 Å². The maximum atomic E-state index is 13.3. The van der Waals surface area contributed by atoms with E-state index >= 15 is 0 Å². The summed E-state index contributed by atoms with van der Waals surface area (Å²) in [6, 6.07) is 15.0. The van der Waals surface area contributed by atoms with E-state index in [0.29, 0.717) is 32.2 Å². The van der Waals surface area contributed by atoms with Crippen molar-refractivity contribution in [2.75, 3.05) is 19.8 Å². The van der Waals surface area contributed by atoms with Crippen LogP contribution in [0.25, 0.3) is 0 Å². The molecule has 3 atom stereocenters. The van der Waals surface area contributed by atoms with Crippen LogP contribution < -0.4 is 5.32 Å². The first-order valence-electron chi connectivity index (χ1n) is 13.6. The number of nitrogens with one attached hydrogen (secondary N) is 1. The van der Waals surface area contributed by atoms with Crippen LogP contribution in [0.15, 0.2) is 79.9 Å². The Morgan fingerprint density at radius 2 is 1.73 bits per heavy atom. The summed E-state index contributed by atoms with van der Waals surface area (Å²) < 4.78 is 18.8. The van der Waals surface area contributed by atoms with Crippen molar-refractivity contribution < 1.29 is 28.6 Å². The van der Waals surface area contributed by atoms with E-state index in [1.54, 1.807) is 31.2 Å². The minimum Gasteiger partial charge on any atom is -0.463 e. The molecule has 2 amide bonds. The predicted octanol–water partition coefficient (Wildman–Crippen LogP) is 4.60. The Hall–Kier alpha value is -3.78. The number of esters is 1. The fraction of sp³-hybridized carbons (Fsp3) is 0.406. The van der Waals surface area contributed by atoms with Crippen LogP contribution in [0.4, 0.5) is 4.39 Å². The Balaban J connectivity index is 1.94. The molecule has 0 unspecified atom stereocenters. The molecule has 0 aromatic heterocycles. The van der Waals surface area contributed by atoms with Crippen LogP contribution in [-0.2, 0) is 32.1 Å². The highest BCUT2D eigenvalue weighted by Gasteiger charge is 2.26. The van der Waals surface area contributed by atoms with Gasteiger partial charge in [0.15, 0.2) is 0 Å². The van der Waals surface area contributed by atoms with Crippen LogP contribution >= 0.6 is 0 Å². The fourth-order valence-corrected chi connectivity index (χ4v) is 4.30. The van der Waals surface area contributed by atoms with Crippen LogP contribution in [0.3, 0.4) is 0 Å². The van der Waals surface area contributed by atoms with Crippen molar-refractivity contribution >= 4 is 17.8 Å². The Morgan fingerprint density at radius 3 is 2.35 bits per heavy atom. The zero-order valence-electron chi connectivity index (χ0n) is 23.3. The van der Waals surface area contributed by atoms with E-state index in [1.165, 1.54) is 17.0 Å². The molecule has 7 nitrogen and oxygen atoms in total. The largest absolute Gasteiger partial charge is 0.463 e. The van der Waals surface area contributed by atoms with Crippen LogP contribution in [0.5, 0.6) is 0 Å². The average molecular weight is 553 g/mol. The van der Waals surface area contributed by atoms with Crippen molar-refractivity contribution in [2.24, 2.45) is 11.8 Å². The number of rotatable bonds is 18. The standard InChI is InChI=1S/C32H41FN2O5/c1-4-6-13-28(20-25-14-16-29(33)17-15-25)32(39)40-23-24(3)34-31(38)27(10-5-2)21-30(37)35(18-19-36)22-26-11-8-7-9-12-26/h4-5,7-9,11-12,14-17,24,27-28,36H,1-2,6,10,13,18-23H2,3H3,(H,34,38)/t24-,27+,28-/m0/s1. The molecule has 0 bridgehead atoms. The lowest BCUT2D eigenvalue weighted by Gasteiger charge is -2.25. The number of benzene rings is 2. The van der Waals surface area contributed by atoms with Gasteiger partial charge in [-0.05, 0) is 55.9 Å². The molecule has 216 valence electrons. The number of aliphatic hydroxyl groups is 1. The molecule has 0 aliphatic rings. The Morgan fingerprint density at radius 1 is 1.02 bits per heavy atom. The Labute approximate surface area is 236 Å². The van der Waals surface area contributed by atoms with Gasteiger partial charge >= 0.3 is 5.97 Å². The Kier molecular flexibility index (Phi) is 14.4. The summed E-state index contributed by atoms with van der Waals surface area (Å²) in [5.41, 5.74) is 1.75. The van der Waals surface area contributed by atoms with E-state index in [-0.39, 0.29) is 43.8 Å². The molecule has 2 aromatic rings. The molecule has 2 N–H and O–H groups in total. The molecule has 0 saturated heterocycles. The van der Waals surface area contributed by atoms with Gasteiger partial charge in [-0.3, -0.25) is 14.4 Å². The van der Waals surface area contributed by atoms with Crippen molar-refractivity contribution in [2.45, 2.75) is 51.6 Å². The van der Waals surface area contributed by atoms with Crippen molar-refractivity contribution in [3.63, 3.8) is 0 Å². The van der Waals surface area contributed by atoms with Crippen LogP contribution in [0, 0.1) is 17.7 Å². The number of allylic oxidation sites excluding steroid dienone is 2. The first-order chi connectivity index (χ1) is 19.3. The second-order valence-corrected chi connectivity index (χ2v) is 9.88. The quantitative estimate of drug-likeness (QED) is 0.208. The molecule has 2 rings (SSSR count). The number of halogens is 1. The summed E-state index contributed by atoms with van der Waals surface area (Å²) in [5.74, 6) is -2.41. The van der Waals surface area contributed by atoms with Crippen LogP contribution in [0.1, 0.15) is 43.7 Å². The highest BCUT2D eigenvalue weighted by molar-refractivity contribution is 5.86. The summed E-state index contributed by atoms with van der Waals surface area (Å²) in [6.45, 7) is 9.44. The SMILES string of the molecule is C=CCC[C@@H](Cc1ccc(F)cc1)C(=O)OC[C@H](C)NC(=O)[C@H](CC=C)CC(=O)N(CCO)Cc1ccccc1. The second kappa shape index (κ2) is 17.7. The van der Waals surface area contributed by atoms with Gasteiger partial charge in [-0.1, -0.05) is 54.6 Å². The smallest absolute Gasteiger partial charge is 0.309 e. The summed E-state index contributed by atoms with van der Waals surface area (Å²) >= 11 is 0. The van der Waals surface area contributed by atoms with Gasteiger partial charge in [0.05, 0.1) is 24.5 Å². The van der Waals surface area contributed by atoms with Crippen molar-refractivity contribution in [1.29, 1.82) is 0 Å². The molecule has 0 saturated carbocycles. The van der Waals surface area contributed by atoms with Gasteiger partial charge in [-0.25, -0.2) is 4.39 Å². The van der Waals surface area contributed by atoms with Crippen molar-refractivity contribution in [3.05, 3.63) is 96.9 Å². The molecule has 0 heterocycles. The number of hydrogen-bond donors (Lipinski definition) is 2. The normalized spacial score (nSPS) is 13.0. The molecule has 0 spiro atoms. The Bertz CT molecular complexity index is 1090. The lowest BCUT2D eigenvalue weighted by molar-refractivity contribution is -0.150. The van der Waals surface area contributed by atoms with Gasteiger partial charge in [-0.15, -0.1) is 13.2 Å². The number of carbonyl (C=O) groups excluding carboxylic acids is 3. The van der Waals surface area contributed by atoms with Crippen LogP contribution in [0.2, 0.25) is 0 Å². The number of aliphatic hydroxyl groups excluding tert-OH is 1. The molecule has 8 heteroatoms. The van der Waals surface area contributed by atoms with Crippen molar-refractivity contribution in [3.8, 4) is 0 Å². The fourth-order valence-electron chi connectivity index (χ4n) is 4.30. The first kappa shape index (κ1) is 32.4. The maximum Gasteiger partial charge on any atom is 0.309 e. The number of carbonyl (C=O) groups is 3. The minimum atomic E-state index is -0.654. The number of amides is 2. The minimum absolute atomic E-state index is 0.0298. The predicted molar refractivity (Wildman–Crippen MR) is 153 cm³/mol. The molecule has 0 fully saturated rings. The highest BCUT2D eigenvalue weighted by Crippen LogP contribution is 2.18. The molecular formula is C32H41FN2O5. The van der Waals surface area contributed by atoms with E-state index < -0.39 is 23.8 Å². The molecular weight excluding hydrogens is 511 g/mol. The second-order valence-electron chi connectivity index (χ2n) is 9.88. The van der Waals surface area contributed by atoms with Gasteiger partial charge in [0.1, 0.15) is 12.4 Å². The zero-order valence-corrected chi connectivity index (χ0v) is 23.3. The first-order valence-corrected chi connectivity index (χ1v) is 13.6. The highest BCUT2D eigenvalue weighted by atomic mass is 19.1. The van der Waals surface area contributed by atoms with Gasteiger partial charge in [0.2, 0.25) is 11.8 Å². The number of nitrogens with zero attached hydrogens (tertiary/aromatic N) is 1. The summed E-state index contributed by atoms with van der Waals surface area (Å²) in [5, 5.41) is 12.3. The van der Waals surface area contributed by atoms with Crippen molar-refractivity contribution in [1.82, 2.24) is 10.2 Å². The molecule has 0 radical (unpaired) electrons. The molecule has 0 aliphatic carbocycles. The third-order valence-corrected chi connectivity index (χ3v) is 6.49. The zero-order chi connectivity index (χ0) is 29.3. The van der Waals surface area contributed by atoms with E-state index in [4.69, 9.17) is 4.74 Å². The number of ether oxygens (including phenoxy) is 1. The van der Waals surface area contributed by atoms with Gasteiger partial charge in [0, 0.05) is 19.5 Å². The molecule has 2 aromatic carbocycles. The monoisotopic (exact) mass is 552 g/mol. The third kappa shape index (κ3) is 11.5.